The lowest BCUT2D eigenvalue weighted by Gasteiger charge is -2.28. The molecule has 2 aliphatic carbocycles. The smallest absolute Gasteiger partial charge is 0.135 e. The van der Waals surface area contributed by atoms with E-state index in [2.05, 4.69) is 97.1 Å². The maximum Gasteiger partial charge on any atom is 0.135 e. The monoisotopic (exact) mass is 722 g/mol. The molecule has 4 aromatic carbocycles. The first-order valence-corrected chi connectivity index (χ1v) is 21.4. The lowest BCUT2D eigenvalue weighted by molar-refractivity contribution is -0.124. The summed E-state index contributed by atoms with van der Waals surface area (Å²) >= 11 is 0. The molecule has 0 amide bonds. The molecule has 0 unspecified atom stereocenters. The minimum atomic E-state index is 0.286. The van der Waals surface area contributed by atoms with Crippen LogP contribution in [0.25, 0.3) is 22.3 Å². The van der Waals surface area contributed by atoms with Gasteiger partial charge in [-0.3, -0.25) is 14.4 Å². The summed E-state index contributed by atoms with van der Waals surface area (Å²) in [4.78, 5) is 36.8. The normalized spacial score (nSPS) is 20.0. The summed E-state index contributed by atoms with van der Waals surface area (Å²) in [5, 5.41) is 0. The second kappa shape index (κ2) is 20.0. The number of rotatable bonds is 18. The lowest BCUT2D eigenvalue weighted by atomic mass is 9.76. The first-order valence-electron chi connectivity index (χ1n) is 21.4. The zero-order valence-electron chi connectivity index (χ0n) is 33.0. The van der Waals surface area contributed by atoms with Gasteiger partial charge in [-0.05, 0) is 146 Å². The Hall–Kier alpha value is -4.11. The first kappa shape index (κ1) is 39.6. The Bertz CT molecular complexity index is 1630. The summed E-state index contributed by atoms with van der Waals surface area (Å²) in [6.45, 7) is 3.97. The molecule has 0 spiro atoms. The fourth-order valence-corrected chi connectivity index (χ4v) is 9.13. The van der Waals surface area contributed by atoms with Gasteiger partial charge in [0, 0.05) is 37.5 Å². The van der Waals surface area contributed by atoms with Crippen LogP contribution in [0.5, 0.6) is 0 Å². The van der Waals surface area contributed by atoms with E-state index >= 15 is 0 Å². The van der Waals surface area contributed by atoms with Gasteiger partial charge in [0.05, 0.1) is 0 Å². The quantitative estimate of drug-likeness (QED) is 0.0961. The van der Waals surface area contributed by atoms with E-state index in [1.165, 1.54) is 44.5 Å². The molecule has 54 heavy (non-hydrogen) atoms. The summed E-state index contributed by atoms with van der Waals surface area (Å²) < 4.78 is 0. The van der Waals surface area contributed by atoms with Crippen LogP contribution in [0.4, 0.5) is 0 Å². The average molecular weight is 723 g/mol. The molecule has 4 aromatic rings. The Kier molecular flexibility index (Phi) is 14.7. The maximum absolute atomic E-state index is 12.6. The van der Waals surface area contributed by atoms with Gasteiger partial charge in [-0.25, -0.2) is 0 Å². The number of unbranched alkanes of at least 4 members (excludes halogenated alkanes) is 2. The summed E-state index contributed by atoms with van der Waals surface area (Å²) in [7, 11) is 0. The van der Waals surface area contributed by atoms with Crippen molar-refractivity contribution in [3.63, 3.8) is 0 Å². The summed E-state index contributed by atoms with van der Waals surface area (Å²) in [6, 6.07) is 36.0. The van der Waals surface area contributed by atoms with Crippen molar-refractivity contribution in [1.82, 2.24) is 0 Å². The summed E-state index contributed by atoms with van der Waals surface area (Å²) in [5.41, 5.74) is 10.5. The van der Waals surface area contributed by atoms with Gasteiger partial charge in [0.1, 0.15) is 17.3 Å². The molecule has 2 aliphatic rings. The van der Waals surface area contributed by atoms with E-state index in [4.69, 9.17) is 0 Å². The van der Waals surface area contributed by atoms with Crippen molar-refractivity contribution in [2.24, 2.45) is 11.8 Å². The van der Waals surface area contributed by atoms with Crippen LogP contribution in [0.3, 0.4) is 0 Å². The molecular weight excluding hydrogens is 661 g/mol. The number of hydrogen-bond donors (Lipinski definition) is 0. The van der Waals surface area contributed by atoms with Crippen LogP contribution in [0.2, 0.25) is 0 Å². The number of Topliss-reactive ketones (excluding diaryl/α,β-unsaturated/α-hetero) is 3. The van der Waals surface area contributed by atoms with Crippen molar-refractivity contribution in [1.29, 1.82) is 0 Å². The van der Waals surface area contributed by atoms with Gasteiger partial charge in [-0.15, -0.1) is 0 Å². The zero-order valence-corrected chi connectivity index (χ0v) is 33.0. The van der Waals surface area contributed by atoms with E-state index in [-0.39, 0.29) is 11.8 Å². The van der Waals surface area contributed by atoms with E-state index in [1.807, 2.05) is 13.8 Å². The number of hydrogen-bond acceptors (Lipinski definition) is 3. The van der Waals surface area contributed by atoms with Crippen LogP contribution in [-0.2, 0) is 27.2 Å². The van der Waals surface area contributed by atoms with Gasteiger partial charge >= 0.3 is 0 Å². The van der Waals surface area contributed by atoms with Gasteiger partial charge in [0.25, 0.3) is 0 Å². The SMILES string of the molecule is CCC(=O)C1CCC(c2ccc(-c3ccc(CCCCC(=O)CCCCc4ccc(-c5ccc(C6CCC(C(=O)CC)CC6)cc5)cc4)cc3)cc2)CC1. The largest absolute Gasteiger partial charge is 0.300 e. The third-order valence-corrected chi connectivity index (χ3v) is 12.7. The Morgan fingerprint density at radius 2 is 0.741 bits per heavy atom. The molecule has 0 saturated heterocycles. The van der Waals surface area contributed by atoms with Crippen LogP contribution in [-0.4, -0.2) is 17.3 Å². The van der Waals surface area contributed by atoms with E-state index in [9.17, 15) is 14.4 Å². The Labute approximate surface area is 325 Å². The van der Waals surface area contributed by atoms with Gasteiger partial charge in [-0.2, -0.15) is 0 Å². The highest BCUT2D eigenvalue weighted by molar-refractivity contribution is 5.81. The van der Waals surface area contributed by atoms with Crippen LogP contribution in [0, 0.1) is 11.8 Å². The summed E-state index contributed by atoms with van der Waals surface area (Å²) in [6.07, 6.45) is 17.4. The van der Waals surface area contributed by atoms with Crippen LogP contribution >= 0.6 is 0 Å². The number of ketones is 3. The van der Waals surface area contributed by atoms with E-state index in [0.29, 0.717) is 54.9 Å². The molecule has 0 heterocycles. The number of aryl methyl sites for hydroxylation is 2. The highest BCUT2D eigenvalue weighted by Crippen LogP contribution is 2.38. The maximum atomic E-state index is 12.6. The second-order valence-corrected chi connectivity index (χ2v) is 16.3. The molecule has 0 atom stereocenters. The van der Waals surface area contributed by atoms with Crippen molar-refractivity contribution in [3.05, 3.63) is 119 Å². The molecule has 3 heteroatoms. The zero-order chi connectivity index (χ0) is 37.7. The number of carbonyl (C=O) groups is 3. The van der Waals surface area contributed by atoms with E-state index in [0.717, 1.165) is 89.9 Å². The minimum Gasteiger partial charge on any atom is -0.300 e. The van der Waals surface area contributed by atoms with Crippen molar-refractivity contribution in [3.8, 4) is 22.3 Å². The van der Waals surface area contributed by atoms with Crippen molar-refractivity contribution >= 4 is 17.3 Å². The fourth-order valence-electron chi connectivity index (χ4n) is 9.13. The highest BCUT2D eigenvalue weighted by Gasteiger charge is 2.27. The second-order valence-electron chi connectivity index (χ2n) is 16.3. The number of carbonyl (C=O) groups excluding carboxylic acids is 3. The first-order chi connectivity index (χ1) is 26.4. The van der Waals surface area contributed by atoms with Gasteiger partial charge < -0.3 is 0 Å². The summed E-state index contributed by atoms with van der Waals surface area (Å²) in [5.74, 6) is 3.01. The topological polar surface area (TPSA) is 51.2 Å². The Morgan fingerprint density at radius 3 is 1.06 bits per heavy atom. The van der Waals surface area contributed by atoms with Gasteiger partial charge in [0.15, 0.2) is 0 Å². The standard InChI is InChI=1S/C51H62O3/c1-3-50(53)47-33-29-45(30-34-47)43-25-21-41(22-26-43)39-17-13-37(14-18-39)9-5-7-11-49(52)12-8-6-10-38-15-19-40(20-16-38)42-23-27-44(28-24-42)46-31-35-48(36-32-46)51(54)4-2/h13-28,45-48H,3-12,29-36H2,1-2H3. The van der Waals surface area contributed by atoms with Crippen molar-refractivity contribution < 1.29 is 14.4 Å². The molecular formula is C51H62O3. The Morgan fingerprint density at radius 1 is 0.426 bits per heavy atom. The molecule has 0 N–H and O–H groups in total. The molecule has 2 saturated carbocycles. The third-order valence-electron chi connectivity index (χ3n) is 12.7. The van der Waals surface area contributed by atoms with Crippen molar-refractivity contribution in [2.75, 3.05) is 0 Å². The predicted octanol–water partition coefficient (Wildman–Crippen LogP) is 13.2. The molecule has 6 rings (SSSR count). The molecule has 0 bridgehead atoms. The van der Waals surface area contributed by atoms with E-state index in [1.54, 1.807) is 0 Å². The molecule has 3 nitrogen and oxygen atoms in total. The lowest BCUT2D eigenvalue weighted by Crippen LogP contribution is -2.20. The molecule has 284 valence electrons. The van der Waals surface area contributed by atoms with E-state index < -0.39 is 0 Å². The highest BCUT2D eigenvalue weighted by atomic mass is 16.1. The minimum absolute atomic E-state index is 0.286. The number of benzene rings is 4. The van der Waals surface area contributed by atoms with Crippen LogP contribution in [0.1, 0.15) is 151 Å². The van der Waals surface area contributed by atoms with Crippen LogP contribution < -0.4 is 0 Å². The van der Waals surface area contributed by atoms with Crippen LogP contribution in [0.15, 0.2) is 97.1 Å². The third kappa shape index (κ3) is 11.0. The molecule has 0 radical (unpaired) electrons. The van der Waals surface area contributed by atoms with Crippen molar-refractivity contribution in [2.45, 2.75) is 141 Å². The fraction of sp³-hybridized carbons (Fsp3) is 0.471. The molecule has 0 aromatic heterocycles. The average Bonchev–Trinajstić information content (AvgIpc) is 3.24. The Balaban J connectivity index is 0.835. The van der Waals surface area contributed by atoms with Gasteiger partial charge in [-0.1, -0.05) is 111 Å². The molecule has 2 fully saturated rings. The predicted molar refractivity (Wildman–Crippen MR) is 224 cm³/mol. The molecule has 0 aliphatic heterocycles. The van der Waals surface area contributed by atoms with Gasteiger partial charge in [0.2, 0.25) is 0 Å².